The van der Waals surface area contributed by atoms with Crippen LogP contribution in [0.1, 0.15) is 22.3 Å². The van der Waals surface area contributed by atoms with E-state index in [4.69, 9.17) is 20.0 Å². The molecule has 6 nitrogen and oxygen atoms in total. The summed E-state index contributed by atoms with van der Waals surface area (Å²) in [4.78, 5) is 21.4. The van der Waals surface area contributed by atoms with Gasteiger partial charge in [-0.15, -0.1) is 0 Å². The molecule has 58 heavy (non-hydrogen) atoms. The molecule has 0 atom stereocenters. The van der Waals surface area contributed by atoms with Crippen molar-refractivity contribution in [3.05, 3.63) is 227 Å². The minimum absolute atomic E-state index is 0.168. The highest BCUT2D eigenvalue weighted by molar-refractivity contribution is 6.40. The maximum Gasteiger partial charge on any atom is 0.166 e. The summed E-state index contributed by atoms with van der Waals surface area (Å²) in [6.07, 6.45) is 16.3. The average Bonchev–Trinajstić information content (AvgIpc) is 4.12. The highest BCUT2D eigenvalue weighted by Gasteiger charge is 2.29. The topological polar surface area (TPSA) is 89.9 Å². The molecule has 6 aromatic rings. The molecule has 0 fully saturated rings. The van der Waals surface area contributed by atoms with Gasteiger partial charge in [-0.25, -0.2) is 20.0 Å². The van der Waals surface area contributed by atoms with E-state index >= 15 is 0 Å². The van der Waals surface area contributed by atoms with Gasteiger partial charge < -0.3 is 10.2 Å². The van der Waals surface area contributed by atoms with Gasteiger partial charge in [0, 0.05) is 33.1 Å². The second-order valence-electron chi connectivity index (χ2n) is 14.4. The number of allylic oxidation sites excluding steroid dienone is 12. The van der Waals surface area contributed by atoms with E-state index in [1.807, 2.05) is 121 Å². The molecule has 6 aromatic carbocycles. The maximum atomic E-state index is 11.8. The fourth-order valence-electron chi connectivity index (χ4n) is 8.48. The third-order valence-corrected chi connectivity index (χ3v) is 11.1. The Bertz CT molecular complexity index is 3150. The number of hydrogen-bond donors (Lipinski definition) is 2. The van der Waals surface area contributed by atoms with Crippen LogP contribution in [-0.2, 0) is 0 Å². The van der Waals surface area contributed by atoms with Gasteiger partial charge in [-0.3, -0.25) is 0 Å². The van der Waals surface area contributed by atoms with Gasteiger partial charge in [0.2, 0.25) is 0 Å². The first-order valence-corrected chi connectivity index (χ1v) is 19.2. The minimum Gasteiger partial charge on any atom is -0.504 e. The molecule has 2 N–H and O–H groups in total. The van der Waals surface area contributed by atoms with Gasteiger partial charge in [0.05, 0.1) is 45.6 Å². The Kier molecular flexibility index (Phi) is 7.69. The van der Waals surface area contributed by atoms with Crippen molar-refractivity contribution in [2.45, 2.75) is 0 Å². The van der Waals surface area contributed by atoms with Crippen LogP contribution in [0.2, 0.25) is 0 Å². The van der Waals surface area contributed by atoms with Crippen LogP contribution in [0.5, 0.6) is 11.5 Å². The standard InChI is InChI=1S/C52H32N4O2/c57-51-36-20-11-10-19-34(36)35-21-12-22-37(49(35)52(51)58)50-44-29-27-42(55-44)47(32-15-6-2-7-16-32)40-25-23-38(53-40)46(31-13-4-1-5-14-31)39-24-26-41(54-39)48(33-17-8-3-9-18-33)43-28-30-45(50)56-43/h1-30,57-58H. The van der Waals surface area contributed by atoms with E-state index in [2.05, 4.69) is 60.7 Å². The summed E-state index contributed by atoms with van der Waals surface area (Å²) < 4.78 is 0. The van der Waals surface area contributed by atoms with Crippen LogP contribution >= 0.6 is 0 Å². The molecule has 5 heterocycles. The first-order valence-electron chi connectivity index (χ1n) is 19.2. The summed E-state index contributed by atoms with van der Waals surface area (Å²) in [6.45, 7) is 0. The summed E-state index contributed by atoms with van der Waals surface area (Å²) in [6, 6.07) is 44.2. The lowest BCUT2D eigenvalue weighted by molar-refractivity contribution is 0.412. The molecule has 0 aliphatic carbocycles. The Labute approximate surface area is 334 Å². The van der Waals surface area contributed by atoms with Crippen LogP contribution < -0.4 is 0 Å². The first-order chi connectivity index (χ1) is 28.6. The molecule has 0 saturated heterocycles. The zero-order valence-electron chi connectivity index (χ0n) is 31.0. The maximum absolute atomic E-state index is 11.8. The van der Waals surface area contributed by atoms with Gasteiger partial charge in [-0.2, -0.15) is 0 Å². The minimum atomic E-state index is -0.192. The fraction of sp³-hybridized carbons (Fsp3) is 0. The van der Waals surface area contributed by atoms with Gasteiger partial charge in [0.1, 0.15) is 0 Å². The van der Waals surface area contributed by atoms with Crippen molar-refractivity contribution in [1.82, 2.24) is 0 Å². The molecule has 0 spiro atoms. The van der Waals surface area contributed by atoms with E-state index in [1.54, 1.807) is 0 Å². The molecule has 0 amide bonds. The molecule has 11 rings (SSSR count). The van der Waals surface area contributed by atoms with Crippen LogP contribution in [0.15, 0.2) is 225 Å². The Morgan fingerprint density at radius 2 is 0.655 bits per heavy atom. The predicted molar refractivity (Wildman–Crippen MR) is 238 cm³/mol. The molecule has 6 heteroatoms. The molecule has 0 saturated carbocycles. The monoisotopic (exact) mass is 744 g/mol. The van der Waals surface area contributed by atoms with Crippen LogP contribution in [-0.4, -0.2) is 33.1 Å². The van der Waals surface area contributed by atoms with Crippen molar-refractivity contribution in [2.24, 2.45) is 20.0 Å². The molecule has 0 aromatic heterocycles. The molecule has 0 radical (unpaired) electrons. The largest absolute Gasteiger partial charge is 0.504 e. The lowest BCUT2D eigenvalue weighted by Crippen LogP contribution is -2.04. The number of benzene rings is 6. The Hall–Kier alpha value is -7.96. The summed E-state index contributed by atoms with van der Waals surface area (Å²) in [5.41, 5.74) is 13.1. The molecule has 0 unspecified atom stereocenters. The smallest absolute Gasteiger partial charge is 0.166 e. The highest BCUT2D eigenvalue weighted by atomic mass is 16.3. The number of rotatable bonds is 4. The quantitative estimate of drug-likeness (QED) is 0.139. The Morgan fingerprint density at radius 3 is 1.10 bits per heavy atom. The molecule has 8 bridgehead atoms. The third kappa shape index (κ3) is 5.34. The van der Waals surface area contributed by atoms with Crippen LogP contribution in [0.25, 0.3) is 43.8 Å². The molecule has 5 aliphatic rings. The lowest BCUT2D eigenvalue weighted by atomic mass is 9.90. The van der Waals surface area contributed by atoms with E-state index in [1.165, 1.54) is 0 Å². The second-order valence-corrected chi connectivity index (χ2v) is 14.4. The van der Waals surface area contributed by atoms with Crippen molar-refractivity contribution in [1.29, 1.82) is 0 Å². The van der Waals surface area contributed by atoms with E-state index in [0.29, 0.717) is 33.3 Å². The predicted octanol–water partition coefficient (Wildman–Crippen LogP) is 11.4. The van der Waals surface area contributed by atoms with Gasteiger partial charge in [-0.05, 0) is 81.6 Å². The molecular formula is C52H32N4O2. The van der Waals surface area contributed by atoms with Gasteiger partial charge in [-0.1, -0.05) is 133 Å². The van der Waals surface area contributed by atoms with Crippen LogP contribution in [0.4, 0.5) is 0 Å². The van der Waals surface area contributed by atoms with Gasteiger partial charge >= 0.3 is 0 Å². The lowest BCUT2D eigenvalue weighted by Gasteiger charge is -2.16. The molecule has 5 aliphatic heterocycles. The number of nitrogens with zero attached hydrogens (tertiary/aromatic N) is 4. The number of phenolic OH excluding ortho intramolecular Hbond substituents is 2. The summed E-state index contributed by atoms with van der Waals surface area (Å²) >= 11 is 0. The first kappa shape index (κ1) is 33.4. The van der Waals surface area contributed by atoms with E-state index in [-0.39, 0.29) is 11.5 Å². The van der Waals surface area contributed by atoms with Crippen LogP contribution in [0.3, 0.4) is 0 Å². The average molecular weight is 745 g/mol. The SMILES string of the molecule is Oc1c(O)c2c(C3=C4C=CC(=N4)C(c4ccccc4)=C4C=CC(=N4)C(c4ccccc4)=C4C=CC(=N4)C(c4ccccc4)=C4C=CC3=N4)cccc2c2ccccc12. The molecular weight excluding hydrogens is 713 g/mol. The summed E-state index contributed by atoms with van der Waals surface area (Å²) in [5, 5.41) is 26.0. The van der Waals surface area contributed by atoms with E-state index in [9.17, 15) is 10.2 Å². The van der Waals surface area contributed by atoms with Crippen LogP contribution in [0, 0.1) is 0 Å². The Morgan fingerprint density at radius 1 is 0.293 bits per heavy atom. The number of aromatic hydroxyl groups is 2. The zero-order valence-corrected chi connectivity index (χ0v) is 31.0. The molecule has 272 valence electrons. The van der Waals surface area contributed by atoms with Crippen molar-refractivity contribution < 1.29 is 10.2 Å². The number of aliphatic imine (C=N–C) groups is 4. The van der Waals surface area contributed by atoms with E-state index < -0.39 is 0 Å². The zero-order chi connectivity index (χ0) is 38.7. The van der Waals surface area contributed by atoms with E-state index in [0.717, 1.165) is 78.4 Å². The summed E-state index contributed by atoms with van der Waals surface area (Å²) in [7, 11) is 0. The van der Waals surface area contributed by atoms with Gasteiger partial charge in [0.25, 0.3) is 0 Å². The second kappa shape index (κ2) is 13.4. The van der Waals surface area contributed by atoms with Crippen molar-refractivity contribution >= 4 is 66.7 Å². The number of fused-ring (bicyclic) bond motifs is 7. The van der Waals surface area contributed by atoms with Crippen molar-refractivity contribution in [2.75, 3.05) is 0 Å². The van der Waals surface area contributed by atoms with Crippen molar-refractivity contribution in [3.8, 4) is 11.5 Å². The normalized spacial score (nSPS) is 17.0. The Balaban J connectivity index is 1.25. The number of phenols is 2. The summed E-state index contributed by atoms with van der Waals surface area (Å²) in [5.74, 6) is -0.359. The van der Waals surface area contributed by atoms with Crippen molar-refractivity contribution in [3.63, 3.8) is 0 Å². The highest BCUT2D eigenvalue weighted by Crippen LogP contribution is 2.47. The third-order valence-electron chi connectivity index (χ3n) is 11.1. The number of hydrogen-bond acceptors (Lipinski definition) is 6. The van der Waals surface area contributed by atoms with Gasteiger partial charge in [0.15, 0.2) is 11.5 Å². The fourth-order valence-corrected chi connectivity index (χ4v) is 8.48.